The van der Waals surface area contributed by atoms with Gasteiger partial charge in [0.05, 0.1) is 11.6 Å². The quantitative estimate of drug-likeness (QED) is 0.401. The lowest BCUT2D eigenvalue weighted by atomic mass is 9.78. The molecule has 0 aliphatic heterocycles. The van der Waals surface area contributed by atoms with Crippen molar-refractivity contribution in [3.05, 3.63) is 102 Å². The van der Waals surface area contributed by atoms with E-state index in [9.17, 15) is 14.4 Å². The van der Waals surface area contributed by atoms with Crippen molar-refractivity contribution in [3.8, 4) is 16.8 Å². The summed E-state index contributed by atoms with van der Waals surface area (Å²) in [4.78, 5) is 24.2. The molecule has 1 aromatic carbocycles. The van der Waals surface area contributed by atoms with Crippen LogP contribution in [0, 0.1) is 20.8 Å². The van der Waals surface area contributed by atoms with Gasteiger partial charge in [0.2, 0.25) is 5.69 Å². The summed E-state index contributed by atoms with van der Waals surface area (Å²) in [5.41, 5.74) is 6.47. The maximum atomic E-state index is 12.3. The van der Waals surface area contributed by atoms with Crippen LogP contribution in [-0.4, -0.2) is 20.9 Å². The second kappa shape index (κ2) is 11.0. The number of hydrogen-bond acceptors (Lipinski definition) is 2. The zero-order valence-electron chi connectivity index (χ0n) is 19.4. The van der Waals surface area contributed by atoms with Crippen LogP contribution in [-0.2, 0) is 9.98 Å². The third-order valence-corrected chi connectivity index (χ3v) is 6.96. The van der Waals surface area contributed by atoms with Gasteiger partial charge in [0, 0.05) is 35.7 Å². The molecule has 2 N–H and O–H groups in total. The predicted molar refractivity (Wildman–Crippen MR) is 134 cm³/mol. The minimum Gasteiger partial charge on any atom is -1.00 e. The zero-order valence-corrected chi connectivity index (χ0v) is 21.8. The van der Waals surface area contributed by atoms with E-state index in [0.29, 0.717) is 6.42 Å². The molecule has 4 rings (SSSR count). The molecule has 180 valence electrons. The molecule has 2 aromatic heterocycles. The third-order valence-electron chi connectivity index (χ3n) is 5.99. The molecule has 0 saturated heterocycles. The molecule has 1 aliphatic rings. The Labute approximate surface area is 213 Å². The van der Waals surface area contributed by atoms with Crippen LogP contribution in [0.2, 0.25) is 0 Å². The van der Waals surface area contributed by atoms with E-state index in [2.05, 4.69) is 48.5 Å². The van der Waals surface area contributed by atoms with E-state index in [-0.39, 0.29) is 31.0 Å². The molecule has 0 bridgehead atoms. The standard InChI is InChI=1S/C26H27N2O3P.2ClH/c1-19-15-20(2)25(21(3)16-19)28-14-9-23(22-7-12-27-13-8-22)17-24(28)26(18-32(29,30)31)10-5-4-6-11-26;;/h4-10,12-17H,11,18H2,1-3H3,(H-,29,30,31);2*1H. The molecule has 0 radical (unpaired) electrons. The van der Waals surface area contributed by atoms with E-state index < -0.39 is 13.0 Å². The van der Waals surface area contributed by atoms with Crippen LogP contribution < -0.4 is 17.0 Å². The van der Waals surface area contributed by atoms with Gasteiger partial charge in [-0.2, -0.15) is 4.57 Å². The second-order valence-corrected chi connectivity index (χ2v) is 10.3. The number of rotatable bonds is 5. The molecule has 0 saturated carbocycles. The lowest BCUT2D eigenvalue weighted by Crippen LogP contribution is -3.00. The highest BCUT2D eigenvalue weighted by molar-refractivity contribution is 7.51. The molecule has 5 nitrogen and oxygen atoms in total. The molecule has 1 atom stereocenters. The summed E-state index contributed by atoms with van der Waals surface area (Å²) in [6, 6.07) is 12.3. The van der Waals surface area contributed by atoms with Gasteiger partial charge in [-0.1, -0.05) is 29.9 Å². The van der Waals surface area contributed by atoms with Gasteiger partial charge in [-0.3, -0.25) is 9.55 Å². The molecule has 0 fully saturated rings. The van der Waals surface area contributed by atoms with Crippen LogP contribution in [0.5, 0.6) is 0 Å². The molecule has 8 heteroatoms. The van der Waals surface area contributed by atoms with E-state index in [1.54, 1.807) is 12.4 Å². The topological polar surface area (TPSA) is 74.3 Å². The summed E-state index contributed by atoms with van der Waals surface area (Å²) in [6.07, 6.45) is 13.5. The Kier molecular flexibility index (Phi) is 9.04. The number of aromatic nitrogens is 2. The lowest BCUT2D eigenvalue weighted by Gasteiger charge is -2.30. The molecular weight excluding hydrogens is 490 g/mol. The predicted octanol–water partition coefficient (Wildman–Crippen LogP) is 2.31. The summed E-state index contributed by atoms with van der Waals surface area (Å²) >= 11 is 0. The Bertz CT molecular complexity index is 1250. The van der Waals surface area contributed by atoms with Crippen LogP contribution in [0.15, 0.2) is 79.3 Å². The largest absolute Gasteiger partial charge is 1.00 e. The summed E-state index contributed by atoms with van der Waals surface area (Å²) < 4.78 is 14.4. The molecule has 2 heterocycles. The lowest BCUT2D eigenvalue weighted by molar-refractivity contribution is -0.608. The van der Waals surface area contributed by atoms with Gasteiger partial charge >= 0.3 is 7.60 Å². The van der Waals surface area contributed by atoms with Crippen molar-refractivity contribution in [1.82, 2.24) is 4.98 Å². The van der Waals surface area contributed by atoms with E-state index in [4.69, 9.17) is 0 Å². The second-order valence-electron chi connectivity index (χ2n) is 8.62. The molecule has 1 aliphatic carbocycles. The number of pyridine rings is 2. The SMILES string of the molecule is Cc1cc(C)c(-[n+]2ccc(-c3ccncc3)cc2C2(CP(=O)(O)O)C=CC=CC2)c(C)c1.Cl.[Cl-]. The third kappa shape index (κ3) is 5.86. The van der Waals surface area contributed by atoms with Crippen molar-refractivity contribution >= 4 is 20.0 Å². The van der Waals surface area contributed by atoms with Gasteiger partial charge in [-0.15, -0.1) is 12.4 Å². The van der Waals surface area contributed by atoms with Gasteiger partial charge in [-0.05, 0) is 62.6 Å². The number of halogens is 2. The number of hydrogen-bond donors (Lipinski definition) is 2. The first-order valence-electron chi connectivity index (χ1n) is 10.6. The highest BCUT2D eigenvalue weighted by atomic mass is 35.5. The molecule has 3 aromatic rings. The first-order chi connectivity index (χ1) is 15.2. The van der Waals surface area contributed by atoms with Gasteiger partial charge in [0.25, 0.3) is 0 Å². The summed E-state index contributed by atoms with van der Waals surface area (Å²) in [5.74, 6) is 0. The molecule has 0 amide bonds. The van der Waals surface area contributed by atoms with Crippen LogP contribution in [0.4, 0.5) is 0 Å². The Morgan fingerprint density at radius 3 is 2.21 bits per heavy atom. The van der Waals surface area contributed by atoms with E-state index >= 15 is 0 Å². The van der Waals surface area contributed by atoms with Crippen LogP contribution in [0.1, 0.15) is 28.8 Å². The number of benzene rings is 1. The smallest absolute Gasteiger partial charge is 0.327 e. The van der Waals surface area contributed by atoms with Crippen molar-refractivity contribution in [2.75, 3.05) is 6.16 Å². The highest BCUT2D eigenvalue weighted by Crippen LogP contribution is 2.47. The Balaban J connectivity index is 0.00000204. The normalized spacial score (nSPS) is 17.1. The monoisotopic (exact) mass is 518 g/mol. The summed E-state index contributed by atoms with van der Waals surface area (Å²) in [6.45, 7) is 6.23. The van der Waals surface area contributed by atoms with Crippen LogP contribution >= 0.6 is 20.0 Å². The summed E-state index contributed by atoms with van der Waals surface area (Å²) in [7, 11) is -4.30. The molecule has 34 heavy (non-hydrogen) atoms. The minimum atomic E-state index is -4.30. The zero-order chi connectivity index (χ0) is 22.9. The number of nitrogens with zero attached hydrogens (tertiary/aromatic N) is 2. The minimum absolute atomic E-state index is 0. The fraction of sp³-hybridized carbons (Fsp3) is 0.231. The first kappa shape index (κ1) is 28.0. The maximum Gasteiger partial charge on any atom is 0.327 e. The average molecular weight is 519 g/mol. The van der Waals surface area contributed by atoms with Gasteiger partial charge in [-0.25, -0.2) is 0 Å². The van der Waals surface area contributed by atoms with Gasteiger partial charge in [0.15, 0.2) is 11.9 Å². The first-order valence-corrected chi connectivity index (χ1v) is 12.4. The van der Waals surface area contributed by atoms with Crippen LogP contribution in [0.3, 0.4) is 0 Å². The number of allylic oxidation sites excluding steroid dienone is 4. The van der Waals surface area contributed by atoms with Crippen molar-refractivity contribution in [2.45, 2.75) is 32.6 Å². The molecule has 0 spiro atoms. The van der Waals surface area contributed by atoms with Gasteiger partial charge in [0.1, 0.15) is 0 Å². The van der Waals surface area contributed by atoms with Crippen molar-refractivity contribution in [2.24, 2.45) is 0 Å². The van der Waals surface area contributed by atoms with Gasteiger partial charge < -0.3 is 22.2 Å². The van der Waals surface area contributed by atoms with E-state index in [1.807, 2.05) is 48.7 Å². The number of aryl methyl sites for hydroxylation is 3. The van der Waals surface area contributed by atoms with Crippen molar-refractivity contribution in [3.63, 3.8) is 0 Å². The van der Waals surface area contributed by atoms with E-state index in [1.165, 1.54) is 5.56 Å². The molecular formula is C26H29Cl2N2O3P. The Morgan fingerprint density at radius 1 is 1.00 bits per heavy atom. The average Bonchev–Trinajstić information content (AvgIpc) is 2.73. The fourth-order valence-corrected chi connectivity index (χ4v) is 5.91. The van der Waals surface area contributed by atoms with Crippen molar-refractivity contribution < 1.29 is 31.3 Å². The highest BCUT2D eigenvalue weighted by Gasteiger charge is 2.43. The maximum absolute atomic E-state index is 12.3. The fourth-order valence-electron chi connectivity index (χ4n) is 4.78. The van der Waals surface area contributed by atoms with Crippen LogP contribution in [0.25, 0.3) is 16.8 Å². The Hall–Kier alpha value is -2.27. The van der Waals surface area contributed by atoms with E-state index in [0.717, 1.165) is 33.6 Å². The summed E-state index contributed by atoms with van der Waals surface area (Å²) in [5, 5.41) is 0. The Morgan fingerprint density at radius 2 is 1.65 bits per heavy atom. The van der Waals surface area contributed by atoms with Crippen molar-refractivity contribution in [1.29, 1.82) is 0 Å². The molecule has 1 unspecified atom stereocenters.